The maximum Gasteiger partial charge on any atom is 0.254 e. The molecule has 0 saturated carbocycles. The van der Waals surface area contributed by atoms with Crippen LogP contribution in [0.25, 0.3) is 10.9 Å². The molecule has 0 atom stereocenters. The molecule has 35 heavy (non-hydrogen) atoms. The van der Waals surface area contributed by atoms with E-state index in [1.54, 1.807) is 29.4 Å². The van der Waals surface area contributed by atoms with Crippen LogP contribution in [-0.4, -0.2) is 28.9 Å². The molecule has 4 aromatic rings. The predicted molar refractivity (Wildman–Crippen MR) is 139 cm³/mol. The first-order valence-corrected chi connectivity index (χ1v) is 12.3. The van der Waals surface area contributed by atoms with Crippen LogP contribution in [-0.2, 0) is 13.1 Å². The summed E-state index contributed by atoms with van der Waals surface area (Å²) in [6.07, 6.45) is 5.02. The van der Waals surface area contributed by atoms with Crippen molar-refractivity contribution in [2.24, 2.45) is 0 Å². The third-order valence-corrected chi connectivity index (χ3v) is 6.86. The molecule has 0 radical (unpaired) electrons. The average Bonchev–Trinajstić information content (AvgIpc) is 3.38. The number of aromatic amines is 1. The van der Waals surface area contributed by atoms with E-state index in [4.69, 9.17) is 16.0 Å². The fourth-order valence-electron chi connectivity index (χ4n) is 4.69. The van der Waals surface area contributed by atoms with Gasteiger partial charge in [0, 0.05) is 29.7 Å². The van der Waals surface area contributed by atoms with E-state index in [2.05, 4.69) is 9.88 Å². The summed E-state index contributed by atoms with van der Waals surface area (Å²) in [4.78, 5) is 33.5. The Morgan fingerprint density at radius 1 is 1.06 bits per heavy atom. The molecular weight excluding hydrogens is 462 g/mol. The Labute approximate surface area is 209 Å². The molecule has 0 unspecified atom stereocenters. The van der Waals surface area contributed by atoms with Crippen LogP contribution in [0.4, 0.5) is 5.69 Å². The summed E-state index contributed by atoms with van der Waals surface area (Å²) in [5, 5.41) is 1.58. The minimum Gasteiger partial charge on any atom is -0.467 e. The van der Waals surface area contributed by atoms with Crippen LogP contribution < -0.4 is 10.5 Å². The number of H-pyrrole nitrogens is 1. The fraction of sp³-hybridized carbons (Fsp3) is 0.286. The van der Waals surface area contributed by atoms with E-state index in [9.17, 15) is 9.59 Å². The third kappa shape index (κ3) is 5.13. The van der Waals surface area contributed by atoms with Gasteiger partial charge in [-0.25, -0.2) is 0 Å². The standard InChI is InChI=1S/C28H28ClN3O3/c1-19-7-10-25-21(14-19)15-22(27(33)30-25)17-32(18-23-6-5-13-35-23)28(34)20-8-9-24(29)26(16-20)31-11-3-2-4-12-31/h5-10,13-16H,2-4,11-12,17-18H2,1H3,(H,30,33). The number of anilines is 1. The van der Waals surface area contributed by atoms with E-state index in [1.807, 2.05) is 43.3 Å². The van der Waals surface area contributed by atoms with Crippen molar-refractivity contribution in [3.05, 3.63) is 98.7 Å². The average molecular weight is 490 g/mol. The van der Waals surface area contributed by atoms with Gasteiger partial charge in [0.2, 0.25) is 0 Å². The van der Waals surface area contributed by atoms with Crippen LogP contribution in [0.15, 0.2) is 70.1 Å². The van der Waals surface area contributed by atoms with Crippen molar-refractivity contribution in [3.8, 4) is 0 Å². The number of hydrogen-bond acceptors (Lipinski definition) is 4. The second-order valence-electron chi connectivity index (χ2n) is 9.17. The van der Waals surface area contributed by atoms with Gasteiger partial charge in [0.25, 0.3) is 11.5 Å². The first-order chi connectivity index (χ1) is 17.0. The number of nitrogens with one attached hydrogen (secondary N) is 1. The molecule has 1 aliphatic heterocycles. The van der Waals surface area contributed by atoms with Gasteiger partial charge in [-0.1, -0.05) is 23.2 Å². The summed E-state index contributed by atoms with van der Waals surface area (Å²) in [5.74, 6) is 0.469. The van der Waals surface area contributed by atoms with E-state index in [0.29, 0.717) is 21.9 Å². The largest absolute Gasteiger partial charge is 0.467 e. The Morgan fingerprint density at radius 2 is 1.89 bits per heavy atom. The Balaban J connectivity index is 1.49. The molecule has 180 valence electrons. The summed E-state index contributed by atoms with van der Waals surface area (Å²) < 4.78 is 5.53. The van der Waals surface area contributed by atoms with Crippen LogP contribution in [0.1, 0.15) is 46.5 Å². The summed E-state index contributed by atoms with van der Waals surface area (Å²) in [7, 11) is 0. The lowest BCUT2D eigenvalue weighted by atomic mass is 10.1. The monoisotopic (exact) mass is 489 g/mol. The van der Waals surface area contributed by atoms with Crippen molar-refractivity contribution >= 4 is 34.1 Å². The molecule has 3 heterocycles. The highest BCUT2D eigenvalue weighted by molar-refractivity contribution is 6.33. The number of nitrogens with zero attached hydrogens (tertiary/aromatic N) is 2. The maximum atomic E-state index is 13.8. The number of pyridine rings is 1. The van der Waals surface area contributed by atoms with Crippen molar-refractivity contribution in [2.75, 3.05) is 18.0 Å². The summed E-state index contributed by atoms with van der Waals surface area (Å²) >= 11 is 6.52. The lowest BCUT2D eigenvalue weighted by Crippen LogP contribution is -2.33. The number of piperidine rings is 1. The van der Waals surface area contributed by atoms with Gasteiger partial charge >= 0.3 is 0 Å². The number of halogens is 1. The SMILES string of the molecule is Cc1ccc2[nH]c(=O)c(CN(Cc3ccco3)C(=O)c3ccc(Cl)c(N4CCCCC4)c3)cc2c1. The first-order valence-electron chi connectivity index (χ1n) is 12.0. The fourth-order valence-corrected chi connectivity index (χ4v) is 4.93. The lowest BCUT2D eigenvalue weighted by Gasteiger charge is -2.30. The van der Waals surface area contributed by atoms with E-state index in [-0.39, 0.29) is 24.6 Å². The molecule has 5 rings (SSSR count). The van der Waals surface area contributed by atoms with E-state index < -0.39 is 0 Å². The highest BCUT2D eigenvalue weighted by atomic mass is 35.5. The Hall–Kier alpha value is -3.51. The zero-order valence-electron chi connectivity index (χ0n) is 19.7. The molecule has 0 bridgehead atoms. The quantitative estimate of drug-likeness (QED) is 0.365. The van der Waals surface area contributed by atoms with Crippen molar-refractivity contribution in [3.63, 3.8) is 0 Å². The zero-order valence-corrected chi connectivity index (χ0v) is 20.5. The summed E-state index contributed by atoms with van der Waals surface area (Å²) in [6, 6.07) is 16.8. The van der Waals surface area contributed by atoms with Crippen LogP contribution in [0.5, 0.6) is 0 Å². The number of hydrogen-bond donors (Lipinski definition) is 1. The Bertz CT molecular complexity index is 1400. The molecule has 0 spiro atoms. The number of aryl methyl sites for hydroxylation is 1. The molecule has 6 nitrogen and oxygen atoms in total. The summed E-state index contributed by atoms with van der Waals surface area (Å²) in [6.45, 7) is 4.27. The van der Waals surface area contributed by atoms with Gasteiger partial charge < -0.3 is 19.2 Å². The van der Waals surface area contributed by atoms with Crippen molar-refractivity contribution in [1.82, 2.24) is 9.88 Å². The molecule has 1 N–H and O–H groups in total. The lowest BCUT2D eigenvalue weighted by molar-refractivity contribution is 0.0717. The number of aromatic nitrogens is 1. The number of benzene rings is 2. The van der Waals surface area contributed by atoms with Crippen molar-refractivity contribution in [1.29, 1.82) is 0 Å². The Morgan fingerprint density at radius 3 is 2.66 bits per heavy atom. The zero-order chi connectivity index (χ0) is 24.4. The van der Waals surface area contributed by atoms with E-state index in [0.717, 1.165) is 48.1 Å². The van der Waals surface area contributed by atoms with Crippen LogP contribution in [0.3, 0.4) is 0 Å². The Kier molecular flexibility index (Phi) is 6.64. The molecule has 1 amide bonds. The third-order valence-electron chi connectivity index (χ3n) is 6.54. The highest BCUT2D eigenvalue weighted by Crippen LogP contribution is 2.30. The number of fused-ring (bicyclic) bond motifs is 1. The molecular formula is C28H28ClN3O3. The molecule has 0 aliphatic carbocycles. The molecule has 1 aliphatic rings. The first kappa shape index (κ1) is 23.2. The van der Waals surface area contributed by atoms with Gasteiger partial charge in [0.15, 0.2) is 0 Å². The molecule has 1 saturated heterocycles. The number of furan rings is 1. The second-order valence-corrected chi connectivity index (χ2v) is 9.58. The van der Waals surface area contributed by atoms with Crippen molar-refractivity contribution in [2.45, 2.75) is 39.3 Å². The predicted octanol–water partition coefficient (Wildman–Crippen LogP) is 5.92. The minimum absolute atomic E-state index is 0.153. The van der Waals surface area contributed by atoms with Gasteiger partial charge in [-0.3, -0.25) is 9.59 Å². The second kappa shape index (κ2) is 10.0. The molecule has 2 aromatic carbocycles. The molecule has 7 heteroatoms. The van der Waals surface area contributed by atoms with Gasteiger partial charge in [0.1, 0.15) is 5.76 Å². The van der Waals surface area contributed by atoms with Gasteiger partial charge in [-0.2, -0.15) is 0 Å². The number of carbonyl (C=O) groups excluding carboxylic acids is 1. The number of rotatable bonds is 6. The minimum atomic E-state index is -0.205. The van der Waals surface area contributed by atoms with Gasteiger partial charge in [-0.15, -0.1) is 0 Å². The van der Waals surface area contributed by atoms with Gasteiger partial charge in [-0.05, 0) is 80.1 Å². The van der Waals surface area contributed by atoms with Crippen LogP contribution >= 0.6 is 11.6 Å². The van der Waals surface area contributed by atoms with Crippen LogP contribution in [0, 0.1) is 6.92 Å². The smallest absolute Gasteiger partial charge is 0.254 e. The highest BCUT2D eigenvalue weighted by Gasteiger charge is 2.22. The molecule has 1 fully saturated rings. The van der Waals surface area contributed by atoms with E-state index in [1.165, 1.54) is 6.42 Å². The maximum absolute atomic E-state index is 13.8. The van der Waals surface area contributed by atoms with Gasteiger partial charge in [0.05, 0.1) is 30.1 Å². The molecule has 2 aromatic heterocycles. The normalized spacial score (nSPS) is 13.8. The summed E-state index contributed by atoms with van der Waals surface area (Å²) in [5.41, 5.74) is 3.61. The van der Waals surface area contributed by atoms with Crippen LogP contribution in [0.2, 0.25) is 5.02 Å². The topological polar surface area (TPSA) is 69.5 Å². The van der Waals surface area contributed by atoms with E-state index >= 15 is 0 Å². The number of carbonyl (C=O) groups is 1. The van der Waals surface area contributed by atoms with Crippen molar-refractivity contribution < 1.29 is 9.21 Å². The number of amides is 1.